The van der Waals surface area contributed by atoms with Crippen molar-refractivity contribution in [1.29, 1.82) is 0 Å². The molecule has 21 heavy (non-hydrogen) atoms. The fourth-order valence-corrected chi connectivity index (χ4v) is 2.38. The number of hydroxylamine groups is 2. The monoisotopic (exact) mass is 289 g/mol. The molecule has 4 heteroatoms. The quantitative estimate of drug-likeness (QED) is 0.802. The van der Waals surface area contributed by atoms with Gasteiger partial charge in [-0.2, -0.15) is 0 Å². The normalized spacial score (nSPS) is 17.5. The Balaban J connectivity index is 1.88. The van der Waals surface area contributed by atoms with Gasteiger partial charge >= 0.3 is 5.97 Å². The van der Waals surface area contributed by atoms with Gasteiger partial charge in [0.1, 0.15) is 6.29 Å². The molecule has 0 saturated carbocycles. The van der Waals surface area contributed by atoms with E-state index in [0.717, 1.165) is 32.2 Å². The van der Waals surface area contributed by atoms with E-state index in [4.69, 9.17) is 4.84 Å². The van der Waals surface area contributed by atoms with Crippen molar-refractivity contribution in [3.63, 3.8) is 0 Å². The lowest BCUT2D eigenvalue weighted by atomic mass is 9.90. The fourth-order valence-electron chi connectivity index (χ4n) is 2.38. The summed E-state index contributed by atoms with van der Waals surface area (Å²) in [7, 11) is 0. The molecule has 0 radical (unpaired) electrons. The van der Waals surface area contributed by atoms with Crippen LogP contribution in [0.15, 0.2) is 24.3 Å². The van der Waals surface area contributed by atoms with Crippen LogP contribution in [-0.4, -0.2) is 30.4 Å². The number of carbonyl (C=O) groups is 2. The Bertz CT molecular complexity index is 494. The van der Waals surface area contributed by atoms with Crippen LogP contribution in [0.2, 0.25) is 0 Å². The summed E-state index contributed by atoms with van der Waals surface area (Å²) in [6, 6.07) is 7.75. The predicted molar refractivity (Wildman–Crippen MR) is 80.9 cm³/mol. The third kappa shape index (κ3) is 4.14. The Labute approximate surface area is 126 Å². The first-order valence-electron chi connectivity index (χ1n) is 7.42. The van der Waals surface area contributed by atoms with Crippen LogP contribution < -0.4 is 0 Å². The number of benzene rings is 1. The predicted octanol–water partition coefficient (Wildman–Crippen LogP) is 3.18. The van der Waals surface area contributed by atoms with E-state index in [2.05, 4.69) is 0 Å². The first-order chi connectivity index (χ1) is 9.90. The molecule has 1 aliphatic rings. The van der Waals surface area contributed by atoms with Crippen molar-refractivity contribution in [1.82, 2.24) is 5.06 Å². The van der Waals surface area contributed by atoms with Crippen molar-refractivity contribution in [2.45, 2.75) is 39.5 Å². The summed E-state index contributed by atoms with van der Waals surface area (Å²) >= 11 is 0. The molecule has 0 N–H and O–H groups in total. The average molecular weight is 289 g/mol. The molecular weight excluding hydrogens is 266 g/mol. The van der Waals surface area contributed by atoms with Crippen LogP contribution >= 0.6 is 0 Å². The van der Waals surface area contributed by atoms with Gasteiger partial charge in [-0.05, 0) is 45.1 Å². The number of rotatable bonds is 3. The van der Waals surface area contributed by atoms with Crippen molar-refractivity contribution in [3.8, 4) is 0 Å². The molecule has 1 saturated heterocycles. The molecule has 0 spiro atoms. The Morgan fingerprint density at radius 1 is 1.19 bits per heavy atom. The fraction of sp³-hybridized carbons (Fsp3) is 0.529. The summed E-state index contributed by atoms with van der Waals surface area (Å²) in [4.78, 5) is 27.9. The summed E-state index contributed by atoms with van der Waals surface area (Å²) in [5.41, 5.74) is 1.49. The summed E-state index contributed by atoms with van der Waals surface area (Å²) in [6.07, 6.45) is 2.77. The maximum atomic E-state index is 11.9. The van der Waals surface area contributed by atoms with Gasteiger partial charge in [-0.25, -0.2) is 4.79 Å². The van der Waals surface area contributed by atoms with E-state index in [1.165, 1.54) is 5.56 Å². The zero-order chi connectivity index (χ0) is 15.5. The standard InChI is InChI=1S/C17H23NO3/c1-17(2,3)16(20)21-18-10-8-15(9-11-18)14-6-4-13(12-19)5-7-14/h4-7,12,15H,8-11H2,1-3H3. The number of piperidine rings is 1. The van der Waals surface area contributed by atoms with Gasteiger partial charge in [0.2, 0.25) is 0 Å². The Kier molecular flexibility index (Phi) is 4.78. The average Bonchev–Trinajstić information content (AvgIpc) is 2.47. The van der Waals surface area contributed by atoms with E-state index in [0.29, 0.717) is 11.5 Å². The van der Waals surface area contributed by atoms with Gasteiger partial charge in [0.25, 0.3) is 0 Å². The topological polar surface area (TPSA) is 46.6 Å². The molecule has 0 aliphatic carbocycles. The molecule has 4 nitrogen and oxygen atoms in total. The third-order valence-electron chi connectivity index (χ3n) is 3.82. The van der Waals surface area contributed by atoms with Crippen LogP contribution in [0.5, 0.6) is 0 Å². The highest BCUT2D eigenvalue weighted by atomic mass is 16.7. The molecular formula is C17H23NO3. The van der Waals surface area contributed by atoms with Crippen LogP contribution in [0.1, 0.15) is 55.5 Å². The SMILES string of the molecule is CC(C)(C)C(=O)ON1CCC(c2ccc(C=O)cc2)CC1. The van der Waals surface area contributed by atoms with Crippen LogP contribution in [0.25, 0.3) is 0 Å². The van der Waals surface area contributed by atoms with Gasteiger partial charge < -0.3 is 4.84 Å². The number of carbonyl (C=O) groups excluding carboxylic acids is 2. The minimum atomic E-state index is -0.471. The van der Waals surface area contributed by atoms with Gasteiger partial charge in [-0.15, -0.1) is 5.06 Å². The molecule has 0 bridgehead atoms. The first kappa shape index (κ1) is 15.7. The van der Waals surface area contributed by atoms with Crippen LogP contribution in [-0.2, 0) is 9.63 Å². The zero-order valence-corrected chi connectivity index (χ0v) is 13.0. The van der Waals surface area contributed by atoms with E-state index in [9.17, 15) is 9.59 Å². The molecule has 0 amide bonds. The molecule has 0 unspecified atom stereocenters. The second-order valence-corrected chi connectivity index (χ2v) is 6.62. The second kappa shape index (κ2) is 6.39. The summed E-state index contributed by atoms with van der Waals surface area (Å²) < 4.78 is 0. The summed E-state index contributed by atoms with van der Waals surface area (Å²) in [5.74, 6) is 0.284. The second-order valence-electron chi connectivity index (χ2n) is 6.62. The third-order valence-corrected chi connectivity index (χ3v) is 3.82. The lowest BCUT2D eigenvalue weighted by molar-refractivity contribution is -0.204. The van der Waals surface area contributed by atoms with Gasteiger partial charge in [-0.1, -0.05) is 24.3 Å². The van der Waals surface area contributed by atoms with Crippen molar-refractivity contribution in [2.75, 3.05) is 13.1 Å². The smallest absolute Gasteiger partial charge is 0.330 e. The first-order valence-corrected chi connectivity index (χ1v) is 7.42. The van der Waals surface area contributed by atoms with E-state index in [-0.39, 0.29) is 5.97 Å². The van der Waals surface area contributed by atoms with Crippen LogP contribution in [0.3, 0.4) is 0 Å². The van der Waals surface area contributed by atoms with Crippen molar-refractivity contribution >= 4 is 12.3 Å². The van der Waals surface area contributed by atoms with Gasteiger partial charge in [0.05, 0.1) is 5.41 Å². The maximum absolute atomic E-state index is 11.9. The molecule has 2 rings (SSSR count). The van der Waals surface area contributed by atoms with E-state index < -0.39 is 5.41 Å². The molecule has 114 valence electrons. The lowest BCUT2D eigenvalue weighted by Gasteiger charge is -2.32. The van der Waals surface area contributed by atoms with Crippen molar-refractivity contribution in [3.05, 3.63) is 35.4 Å². The largest absolute Gasteiger partial charge is 0.367 e. The molecule has 1 aliphatic heterocycles. The molecule has 1 aromatic carbocycles. The molecule has 1 heterocycles. The Morgan fingerprint density at radius 3 is 2.24 bits per heavy atom. The zero-order valence-electron chi connectivity index (χ0n) is 13.0. The number of hydrogen-bond acceptors (Lipinski definition) is 4. The van der Waals surface area contributed by atoms with Crippen LogP contribution in [0.4, 0.5) is 0 Å². The van der Waals surface area contributed by atoms with Crippen LogP contribution in [0, 0.1) is 5.41 Å². The highest BCUT2D eigenvalue weighted by Crippen LogP contribution is 2.29. The van der Waals surface area contributed by atoms with E-state index >= 15 is 0 Å². The van der Waals surface area contributed by atoms with Gasteiger partial charge in [-0.3, -0.25) is 4.79 Å². The number of hydrogen-bond donors (Lipinski definition) is 0. The number of aldehydes is 1. The minimum Gasteiger partial charge on any atom is -0.367 e. The van der Waals surface area contributed by atoms with Crippen molar-refractivity contribution in [2.24, 2.45) is 5.41 Å². The van der Waals surface area contributed by atoms with Gasteiger partial charge in [0.15, 0.2) is 0 Å². The molecule has 1 aromatic rings. The van der Waals surface area contributed by atoms with Gasteiger partial charge in [0, 0.05) is 18.7 Å². The summed E-state index contributed by atoms with van der Waals surface area (Å²) in [5, 5.41) is 1.77. The van der Waals surface area contributed by atoms with Crippen molar-refractivity contribution < 1.29 is 14.4 Å². The van der Waals surface area contributed by atoms with E-state index in [1.807, 2.05) is 45.0 Å². The highest BCUT2D eigenvalue weighted by Gasteiger charge is 2.28. The minimum absolute atomic E-state index is 0.184. The van der Waals surface area contributed by atoms with E-state index in [1.54, 1.807) is 5.06 Å². The highest BCUT2D eigenvalue weighted by molar-refractivity contribution is 5.75. The maximum Gasteiger partial charge on any atom is 0.330 e. The molecule has 0 atom stereocenters. The lowest BCUT2D eigenvalue weighted by Crippen LogP contribution is -2.38. The Morgan fingerprint density at radius 2 is 1.76 bits per heavy atom. The molecule has 0 aromatic heterocycles. The molecule has 1 fully saturated rings. The Hall–Kier alpha value is -1.68. The number of nitrogens with zero attached hydrogens (tertiary/aromatic N) is 1. The summed E-state index contributed by atoms with van der Waals surface area (Å²) in [6.45, 7) is 7.08.